The summed E-state index contributed by atoms with van der Waals surface area (Å²) in [6, 6.07) is 3.61. The van der Waals surface area contributed by atoms with Crippen LogP contribution >= 0.6 is 0 Å². The number of pyridine rings is 1. The largest absolute Gasteiger partial charge is 0.448 e. The molecular formula is C18H19N3O3. The topological polar surface area (TPSA) is 78.6 Å². The normalized spacial score (nSPS) is 25.3. The van der Waals surface area contributed by atoms with E-state index in [0.717, 1.165) is 37.9 Å². The first-order valence-corrected chi connectivity index (χ1v) is 8.25. The van der Waals surface area contributed by atoms with Gasteiger partial charge in [0.15, 0.2) is 5.76 Å². The van der Waals surface area contributed by atoms with Crippen molar-refractivity contribution in [3.8, 4) is 11.8 Å². The van der Waals surface area contributed by atoms with Crippen LogP contribution in [-0.2, 0) is 0 Å². The number of hydrogen-bond acceptors (Lipinski definition) is 5. The van der Waals surface area contributed by atoms with Crippen LogP contribution in [0.1, 0.15) is 29.1 Å². The molecule has 2 N–H and O–H groups in total. The van der Waals surface area contributed by atoms with Crippen LogP contribution in [0.25, 0.3) is 11.0 Å². The monoisotopic (exact) mass is 325 g/mol. The fraction of sp³-hybridized carbons (Fsp3) is 0.444. The molecule has 3 aliphatic heterocycles. The van der Waals surface area contributed by atoms with E-state index >= 15 is 0 Å². The number of amides is 1. The number of carbonyl (C=O) groups excluding carboxylic acids is 1. The maximum absolute atomic E-state index is 12.5. The summed E-state index contributed by atoms with van der Waals surface area (Å²) in [4.78, 5) is 19.2. The van der Waals surface area contributed by atoms with Gasteiger partial charge in [-0.05, 0) is 37.8 Å². The molecule has 5 heterocycles. The number of piperidine rings is 3. The van der Waals surface area contributed by atoms with Crippen LogP contribution in [0, 0.1) is 17.8 Å². The standard InChI is InChI=1S/C18H19N3O3/c22-7-1-2-14-8-13-10-19-15(9-17(13)24-14)18(23)20-16-11-21-5-3-12(16)4-6-21/h8-10,12,16,22H,3-7,11H2,(H,20,23). The summed E-state index contributed by atoms with van der Waals surface area (Å²) < 4.78 is 5.59. The average molecular weight is 325 g/mol. The SMILES string of the molecule is O=C(NC1CN2CCC1CC2)c1cc2oc(C#CCO)cc2cn1. The van der Waals surface area contributed by atoms with Gasteiger partial charge in [-0.25, -0.2) is 0 Å². The highest BCUT2D eigenvalue weighted by Crippen LogP contribution is 2.27. The van der Waals surface area contributed by atoms with E-state index < -0.39 is 0 Å². The van der Waals surface area contributed by atoms with E-state index in [4.69, 9.17) is 9.52 Å². The van der Waals surface area contributed by atoms with Crippen LogP contribution in [0.5, 0.6) is 0 Å². The van der Waals surface area contributed by atoms with Crippen molar-refractivity contribution in [1.29, 1.82) is 0 Å². The van der Waals surface area contributed by atoms with Crippen molar-refractivity contribution < 1.29 is 14.3 Å². The molecule has 1 atom stereocenters. The molecular weight excluding hydrogens is 306 g/mol. The third-order valence-electron chi connectivity index (χ3n) is 4.90. The van der Waals surface area contributed by atoms with Crippen molar-refractivity contribution in [3.63, 3.8) is 0 Å². The highest BCUT2D eigenvalue weighted by Gasteiger charge is 2.35. The maximum Gasteiger partial charge on any atom is 0.270 e. The Kier molecular flexibility index (Phi) is 3.97. The molecule has 2 aromatic heterocycles. The molecule has 0 aromatic carbocycles. The van der Waals surface area contributed by atoms with Gasteiger partial charge in [0.2, 0.25) is 0 Å². The molecule has 0 aliphatic carbocycles. The minimum Gasteiger partial charge on any atom is -0.448 e. The molecule has 6 nitrogen and oxygen atoms in total. The number of aromatic nitrogens is 1. The van der Waals surface area contributed by atoms with Crippen molar-refractivity contribution in [1.82, 2.24) is 15.2 Å². The molecule has 2 bridgehead atoms. The molecule has 1 unspecified atom stereocenters. The number of nitrogens with one attached hydrogen (secondary N) is 1. The van der Waals surface area contributed by atoms with E-state index in [1.165, 1.54) is 0 Å². The predicted octanol–water partition coefficient (Wildman–Crippen LogP) is 0.996. The first kappa shape index (κ1) is 15.2. The van der Waals surface area contributed by atoms with Gasteiger partial charge in [-0.3, -0.25) is 9.78 Å². The van der Waals surface area contributed by atoms with Crippen LogP contribution in [-0.4, -0.2) is 53.2 Å². The van der Waals surface area contributed by atoms with Crippen molar-refractivity contribution in [2.24, 2.45) is 5.92 Å². The number of nitrogens with zero attached hydrogens (tertiary/aromatic N) is 2. The van der Waals surface area contributed by atoms with Gasteiger partial charge in [0.25, 0.3) is 5.91 Å². The fourth-order valence-electron chi connectivity index (χ4n) is 3.62. The number of carbonyl (C=O) groups is 1. The van der Waals surface area contributed by atoms with Crippen molar-refractivity contribution in [2.45, 2.75) is 18.9 Å². The molecule has 2 aromatic rings. The summed E-state index contributed by atoms with van der Waals surface area (Å²) in [7, 11) is 0. The molecule has 6 heteroatoms. The number of fused-ring (bicyclic) bond motifs is 4. The zero-order valence-corrected chi connectivity index (χ0v) is 13.3. The molecule has 3 saturated heterocycles. The number of furan rings is 1. The molecule has 3 aliphatic rings. The Balaban J connectivity index is 1.51. The summed E-state index contributed by atoms with van der Waals surface area (Å²) in [6.07, 6.45) is 3.93. The lowest BCUT2D eigenvalue weighted by Crippen LogP contribution is -2.57. The number of hydrogen-bond donors (Lipinski definition) is 2. The molecule has 0 saturated carbocycles. The highest BCUT2D eigenvalue weighted by molar-refractivity contribution is 5.95. The van der Waals surface area contributed by atoms with Crippen LogP contribution < -0.4 is 5.32 Å². The van der Waals surface area contributed by atoms with Gasteiger partial charge in [0.1, 0.15) is 17.9 Å². The van der Waals surface area contributed by atoms with Gasteiger partial charge in [-0.2, -0.15) is 0 Å². The Morgan fingerprint density at radius 2 is 2.25 bits per heavy atom. The first-order chi connectivity index (χ1) is 11.7. The Hall–Kier alpha value is -2.36. The van der Waals surface area contributed by atoms with E-state index in [2.05, 4.69) is 27.0 Å². The zero-order chi connectivity index (χ0) is 16.5. The minimum absolute atomic E-state index is 0.157. The third kappa shape index (κ3) is 2.88. The number of rotatable bonds is 2. The third-order valence-corrected chi connectivity index (χ3v) is 4.90. The summed E-state index contributed by atoms with van der Waals surface area (Å²) >= 11 is 0. The quantitative estimate of drug-likeness (QED) is 0.805. The second kappa shape index (κ2) is 6.27. The highest BCUT2D eigenvalue weighted by atomic mass is 16.3. The lowest BCUT2D eigenvalue weighted by molar-refractivity contribution is 0.0618. The van der Waals surface area contributed by atoms with Gasteiger partial charge in [0, 0.05) is 36.3 Å². The molecule has 124 valence electrons. The minimum atomic E-state index is -0.220. The van der Waals surface area contributed by atoms with Gasteiger partial charge >= 0.3 is 0 Å². The number of aliphatic hydroxyl groups is 1. The molecule has 0 spiro atoms. The molecule has 5 rings (SSSR count). The smallest absolute Gasteiger partial charge is 0.270 e. The van der Waals surface area contributed by atoms with E-state index in [0.29, 0.717) is 23.0 Å². The zero-order valence-electron chi connectivity index (χ0n) is 13.3. The maximum atomic E-state index is 12.5. The van der Waals surface area contributed by atoms with Crippen LogP contribution in [0.2, 0.25) is 0 Å². The van der Waals surface area contributed by atoms with E-state index in [9.17, 15) is 4.79 Å². The van der Waals surface area contributed by atoms with Crippen molar-refractivity contribution in [3.05, 3.63) is 29.8 Å². The van der Waals surface area contributed by atoms with Crippen molar-refractivity contribution in [2.75, 3.05) is 26.2 Å². The summed E-state index contributed by atoms with van der Waals surface area (Å²) in [5.74, 6) is 6.13. The van der Waals surface area contributed by atoms with E-state index in [1.807, 2.05) is 0 Å². The first-order valence-electron chi connectivity index (χ1n) is 8.25. The van der Waals surface area contributed by atoms with Crippen LogP contribution in [0.4, 0.5) is 0 Å². The Bertz CT molecular complexity index is 825. The lowest BCUT2D eigenvalue weighted by atomic mass is 9.84. The van der Waals surface area contributed by atoms with Crippen molar-refractivity contribution >= 4 is 16.9 Å². The van der Waals surface area contributed by atoms with Gasteiger partial charge in [-0.15, -0.1) is 0 Å². The average Bonchev–Trinajstić information content (AvgIpc) is 3.03. The molecule has 1 amide bonds. The lowest BCUT2D eigenvalue weighted by Gasteiger charge is -2.44. The summed E-state index contributed by atoms with van der Waals surface area (Å²) in [5.41, 5.74) is 0.932. The summed E-state index contributed by atoms with van der Waals surface area (Å²) in [6.45, 7) is 3.00. The fourth-order valence-corrected chi connectivity index (χ4v) is 3.62. The van der Waals surface area contributed by atoms with Gasteiger partial charge < -0.3 is 19.7 Å². The predicted molar refractivity (Wildman–Crippen MR) is 88.4 cm³/mol. The summed E-state index contributed by atoms with van der Waals surface area (Å²) in [5, 5.41) is 12.7. The second-order valence-electron chi connectivity index (χ2n) is 6.40. The Morgan fingerprint density at radius 1 is 1.42 bits per heavy atom. The Labute approximate surface area is 139 Å². The molecule has 3 fully saturated rings. The van der Waals surface area contributed by atoms with Crippen LogP contribution in [0.15, 0.2) is 22.7 Å². The van der Waals surface area contributed by atoms with Crippen LogP contribution in [0.3, 0.4) is 0 Å². The van der Waals surface area contributed by atoms with Gasteiger partial charge in [0.05, 0.1) is 0 Å². The van der Waals surface area contributed by atoms with Gasteiger partial charge in [-0.1, -0.05) is 5.92 Å². The van der Waals surface area contributed by atoms with E-state index in [-0.39, 0.29) is 18.6 Å². The van der Waals surface area contributed by atoms with E-state index in [1.54, 1.807) is 18.3 Å². The molecule has 24 heavy (non-hydrogen) atoms. The second-order valence-corrected chi connectivity index (χ2v) is 6.40. The Morgan fingerprint density at radius 3 is 2.96 bits per heavy atom. The molecule has 0 radical (unpaired) electrons. The number of aliphatic hydroxyl groups excluding tert-OH is 1.